The molecule has 4 fully saturated rings. The van der Waals surface area contributed by atoms with Gasteiger partial charge in [0.15, 0.2) is 11.6 Å². The zero-order valence-electron chi connectivity index (χ0n) is 23.2. The summed E-state index contributed by atoms with van der Waals surface area (Å²) in [4.78, 5) is 38.4. The van der Waals surface area contributed by atoms with Crippen molar-refractivity contribution in [2.24, 2.45) is 28.6 Å². The van der Waals surface area contributed by atoms with Gasteiger partial charge in [-0.1, -0.05) is 13.3 Å². The van der Waals surface area contributed by atoms with Gasteiger partial charge >= 0.3 is 5.97 Å². The smallest absolute Gasteiger partial charge is 0.309 e. The maximum atomic E-state index is 14.9. The van der Waals surface area contributed by atoms with Crippen LogP contribution in [0.3, 0.4) is 0 Å². The van der Waals surface area contributed by atoms with Gasteiger partial charge in [-0.15, -0.1) is 0 Å². The quantitative estimate of drug-likeness (QED) is 0.415. The van der Waals surface area contributed by atoms with E-state index in [1.807, 2.05) is 0 Å². The van der Waals surface area contributed by atoms with E-state index in [1.165, 1.54) is 19.6 Å². The maximum absolute atomic E-state index is 14.9. The minimum absolute atomic E-state index is 0.0152. The van der Waals surface area contributed by atoms with Crippen LogP contribution in [-0.2, 0) is 9.59 Å². The van der Waals surface area contributed by atoms with Crippen LogP contribution in [0.25, 0.3) is 0 Å². The fourth-order valence-corrected chi connectivity index (χ4v) is 7.19. The third-order valence-electron chi connectivity index (χ3n) is 10.1. The molecule has 1 aromatic carbocycles. The van der Waals surface area contributed by atoms with Crippen LogP contribution in [0.2, 0.25) is 0 Å². The number of ether oxygens (including phenoxy) is 2. The minimum Gasteiger partial charge on any atom is -0.496 e. The Kier molecular flexibility index (Phi) is 7.55. The number of benzene rings is 1. The Morgan fingerprint density at radius 1 is 1.03 bits per heavy atom. The van der Waals surface area contributed by atoms with Crippen molar-refractivity contribution in [3.8, 4) is 11.5 Å². The number of carboxylic acid groups (broad SMARTS) is 1. The lowest BCUT2D eigenvalue weighted by Gasteiger charge is -2.39. The summed E-state index contributed by atoms with van der Waals surface area (Å²) in [5.74, 6) is -1.61. The fraction of sp³-hybridized carbons (Fsp3) is 0.700. The molecule has 9 heteroatoms. The molecule has 4 aliphatic rings. The highest BCUT2D eigenvalue weighted by molar-refractivity contribution is 5.98. The number of rotatable bonds is 9. The monoisotopic (exact) mass is 544 g/mol. The molecule has 0 aliphatic heterocycles. The van der Waals surface area contributed by atoms with Gasteiger partial charge < -0.3 is 25.2 Å². The molecule has 0 unspecified atom stereocenters. The molecule has 8 nitrogen and oxygen atoms in total. The molecule has 2 bridgehead atoms. The lowest BCUT2D eigenvalue weighted by molar-refractivity contribution is -0.150. The zero-order valence-corrected chi connectivity index (χ0v) is 23.2. The number of carbonyl (C=O) groups excluding carboxylic acids is 2. The molecule has 0 saturated heterocycles. The van der Waals surface area contributed by atoms with Crippen molar-refractivity contribution < 1.29 is 33.4 Å². The van der Waals surface area contributed by atoms with E-state index >= 15 is 0 Å². The van der Waals surface area contributed by atoms with E-state index in [0.717, 1.165) is 38.2 Å². The lowest BCUT2D eigenvalue weighted by atomic mass is 9.70. The van der Waals surface area contributed by atoms with Gasteiger partial charge in [0.2, 0.25) is 5.91 Å². The summed E-state index contributed by atoms with van der Waals surface area (Å²) in [6.07, 6.45) is 7.84. The van der Waals surface area contributed by atoms with Gasteiger partial charge in [-0.25, -0.2) is 4.39 Å². The first kappa shape index (κ1) is 27.7. The number of nitrogens with one attached hydrogen (secondary N) is 2. The van der Waals surface area contributed by atoms with Crippen LogP contribution in [0.15, 0.2) is 12.1 Å². The fourth-order valence-electron chi connectivity index (χ4n) is 7.19. The second-order valence-electron chi connectivity index (χ2n) is 12.9. The summed E-state index contributed by atoms with van der Waals surface area (Å²) >= 11 is 0. The highest BCUT2D eigenvalue weighted by atomic mass is 19.1. The van der Waals surface area contributed by atoms with Crippen LogP contribution in [0, 0.1) is 34.4 Å². The largest absolute Gasteiger partial charge is 0.496 e. The summed E-state index contributed by atoms with van der Waals surface area (Å²) in [7, 11) is 1.38. The van der Waals surface area contributed by atoms with Crippen molar-refractivity contribution in [1.82, 2.24) is 10.6 Å². The van der Waals surface area contributed by atoms with Crippen LogP contribution >= 0.6 is 0 Å². The van der Waals surface area contributed by atoms with Gasteiger partial charge in [0, 0.05) is 18.7 Å². The Bertz CT molecular complexity index is 1130. The van der Waals surface area contributed by atoms with E-state index in [4.69, 9.17) is 9.47 Å². The first-order valence-electron chi connectivity index (χ1n) is 14.4. The first-order chi connectivity index (χ1) is 18.5. The summed E-state index contributed by atoms with van der Waals surface area (Å²) in [5.41, 5.74) is -0.472. The zero-order chi connectivity index (χ0) is 27.9. The predicted molar refractivity (Wildman–Crippen MR) is 142 cm³/mol. The number of hydrogen-bond acceptors (Lipinski definition) is 5. The van der Waals surface area contributed by atoms with E-state index < -0.39 is 23.1 Å². The van der Waals surface area contributed by atoms with Crippen molar-refractivity contribution >= 4 is 17.8 Å². The van der Waals surface area contributed by atoms with Gasteiger partial charge in [0.1, 0.15) is 5.75 Å². The molecule has 1 aromatic rings. The van der Waals surface area contributed by atoms with Crippen molar-refractivity contribution in [2.45, 2.75) is 90.2 Å². The molecular weight excluding hydrogens is 503 g/mol. The van der Waals surface area contributed by atoms with Gasteiger partial charge in [-0.05, 0) is 88.0 Å². The molecule has 39 heavy (non-hydrogen) atoms. The molecule has 4 saturated carbocycles. The van der Waals surface area contributed by atoms with Crippen LogP contribution in [0.1, 0.15) is 88.4 Å². The van der Waals surface area contributed by atoms with Gasteiger partial charge in [0.25, 0.3) is 5.91 Å². The molecule has 5 rings (SSSR count). The van der Waals surface area contributed by atoms with Gasteiger partial charge in [-0.3, -0.25) is 14.4 Å². The summed E-state index contributed by atoms with van der Waals surface area (Å²) < 4.78 is 26.2. The maximum Gasteiger partial charge on any atom is 0.309 e. The number of aliphatic carboxylic acids is 1. The Balaban J connectivity index is 1.28. The van der Waals surface area contributed by atoms with Crippen molar-refractivity contribution in [1.29, 1.82) is 0 Å². The topological polar surface area (TPSA) is 114 Å². The highest BCUT2D eigenvalue weighted by Crippen LogP contribution is 2.49. The average Bonchev–Trinajstić information content (AvgIpc) is 3.50. The van der Waals surface area contributed by atoms with Gasteiger partial charge in [0.05, 0.1) is 30.1 Å². The average molecular weight is 545 g/mol. The van der Waals surface area contributed by atoms with Crippen LogP contribution in [0.4, 0.5) is 4.39 Å². The molecule has 4 atom stereocenters. The Labute approximate surface area is 229 Å². The SMILES string of the molecule is COc1cc(F)c(OC2CCC(C)(C(=O)O)CC2)cc1C(=O)N[C@@H]1[C@@H]2CC[C@@H](C2)[C@@H]1C(=O)NCC1(C)CCC1. The molecule has 4 aliphatic carbocycles. The minimum atomic E-state index is -0.833. The van der Waals surface area contributed by atoms with E-state index in [1.54, 1.807) is 6.92 Å². The number of carbonyl (C=O) groups is 3. The number of halogens is 1. The molecular formula is C30H41FN2O6. The lowest BCUT2D eigenvalue weighted by Crippen LogP contribution is -2.51. The number of amides is 2. The number of methoxy groups -OCH3 is 1. The molecule has 0 spiro atoms. The third kappa shape index (κ3) is 5.46. The van der Waals surface area contributed by atoms with Crippen molar-refractivity contribution in [3.63, 3.8) is 0 Å². The highest BCUT2D eigenvalue weighted by Gasteiger charge is 2.51. The van der Waals surface area contributed by atoms with E-state index in [2.05, 4.69) is 17.6 Å². The molecule has 0 heterocycles. The normalized spacial score (nSPS) is 32.7. The van der Waals surface area contributed by atoms with E-state index in [-0.39, 0.29) is 58.3 Å². The van der Waals surface area contributed by atoms with Gasteiger partial charge in [-0.2, -0.15) is 0 Å². The molecule has 0 aromatic heterocycles. The summed E-state index contributed by atoms with van der Waals surface area (Å²) in [5, 5.41) is 15.8. The number of carboxylic acids is 1. The molecule has 0 radical (unpaired) electrons. The molecule has 214 valence electrons. The Morgan fingerprint density at radius 3 is 2.33 bits per heavy atom. The Hall–Kier alpha value is -2.84. The van der Waals surface area contributed by atoms with E-state index in [9.17, 15) is 23.9 Å². The summed E-state index contributed by atoms with van der Waals surface area (Å²) in [6.45, 7) is 4.59. The Morgan fingerprint density at radius 2 is 1.72 bits per heavy atom. The standard InChI is InChI=1S/C30H41FN2O6/c1-29(9-4-10-29)16-32-27(35)24-17-5-6-18(13-17)25(24)33-26(34)20-14-23(21(31)15-22(20)38-3)39-19-7-11-30(2,12-8-19)28(36)37/h14-15,17-19,24-25H,4-13,16H2,1-3H3,(H,32,35)(H,33,34)(H,36,37)/t17-,18+,19?,24-,25+,30?/m0/s1. The van der Waals surface area contributed by atoms with E-state index in [0.29, 0.717) is 32.2 Å². The van der Waals surface area contributed by atoms with Crippen molar-refractivity contribution in [3.05, 3.63) is 23.5 Å². The second kappa shape index (κ2) is 10.6. The predicted octanol–water partition coefficient (Wildman–Crippen LogP) is 4.70. The number of hydrogen-bond donors (Lipinski definition) is 3. The third-order valence-corrected chi connectivity index (χ3v) is 10.1. The summed E-state index contributed by atoms with van der Waals surface area (Å²) in [6, 6.07) is 2.24. The van der Waals surface area contributed by atoms with Crippen LogP contribution in [0.5, 0.6) is 11.5 Å². The molecule has 2 amide bonds. The second-order valence-corrected chi connectivity index (χ2v) is 12.9. The van der Waals surface area contributed by atoms with Crippen LogP contribution < -0.4 is 20.1 Å². The van der Waals surface area contributed by atoms with Crippen molar-refractivity contribution in [2.75, 3.05) is 13.7 Å². The molecule has 3 N–H and O–H groups in total. The first-order valence-corrected chi connectivity index (χ1v) is 14.4. The van der Waals surface area contributed by atoms with Crippen LogP contribution in [-0.4, -0.2) is 48.7 Å². The number of fused-ring (bicyclic) bond motifs is 2.